The van der Waals surface area contributed by atoms with Crippen LogP contribution in [-0.2, 0) is 0 Å². The maximum atomic E-state index is 4.86. The highest BCUT2D eigenvalue weighted by Crippen LogP contribution is 2.31. The van der Waals surface area contributed by atoms with Crippen LogP contribution in [0.2, 0.25) is 0 Å². The molecular formula is C27H36N2. The fourth-order valence-corrected chi connectivity index (χ4v) is 3.26. The van der Waals surface area contributed by atoms with Gasteiger partial charge in [-0.25, -0.2) is 4.98 Å². The molecular weight excluding hydrogens is 352 g/mol. The molecule has 0 aliphatic rings. The van der Waals surface area contributed by atoms with Crippen LogP contribution in [0.5, 0.6) is 0 Å². The second-order valence-electron chi connectivity index (χ2n) is 5.32. The first kappa shape index (κ1) is 24.2. The first-order chi connectivity index (χ1) is 14.4. The van der Waals surface area contributed by atoms with Crippen molar-refractivity contribution in [1.29, 1.82) is 0 Å². The highest BCUT2D eigenvalue weighted by Gasteiger charge is 2.12. The number of rotatable bonds is 0. The molecule has 2 aromatic heterocycles. The molecule has 2 nitrogen and oxygen atoms in total. The fourth-order valence-electron chi connectivity index (χ4n) is 3.26. The van der Waals surface area contributed by atoms with E-state index in [-0.39, 0.29) is 0 Å². The molecule has 0 amide bonds. The molecule has 0 spiro atoms. The van der Waals surface area contributed by atoms with Gasteiger partial charge in [-0.05, 0) is 23.6 Å². The number of hydrogen-bond donors (Lipinski definition) is 0. The molecule has 2 heteroatoms. The lowest BCUT2D eigenvalue weighted by atomic mass is 10.1. The molecule has 0 aliphatic carbocycles. The zero-order chi connectivity index (χ0) is 21.8. The molecule has 2 heterocycles. The number of aromatic nitrogens is 2. The lowest BCUT2D eigenvalue weighted by Gasteiger charge is -2.08. The summed E-state index contributed by atoms with van der Waals surface area (Å²) in [5.74, 6) is 0. The standard InChI is InChI=1S/C19H12N2.4C2H6/c1-2-9-15-13(7-1)14-8-3-5-11-17(14)21-18-12-6-4-10-16(18)20-19(15)21;4*1-2/h1-12H;4*1-2H3. The second-order valence-corrected chi connectivity index (χ2v) is 5.32. The van der Waals surface area contributed by atoms with Crippen LogP contribution in [0.3, 0.4) is 0 Å². The topological polar surface area (TPSA) is 17.3 Å². The zero-order valence-electron chi connectivity index (χ0n) is 19.3. The first-order valence-corrected chi connectivity index (χ1v) is 11.1. The van der Waals surface area contributed by atoms with Crippen LogP contribution in [0.1, 0.15) is 55.4 Å². The smallest absolute Gasteiger partial charge is 0.146 e. The van der Waals surface area contributed by atoms with Crippen molar-refractivity contribution in [2.45, 2.75) is 55.4 Å². The first-order valence-electron chi connectivity index (χ1n) is 11.1. The van der Waals surface area contributed by atoms with Crippen molar-refractivity contribution in [3.05, 3.63) is 72.8 Å². The summed E-state index contributed by atoms with van der Waals surface area (Å²) in [7, 11) is 0. The minimum Gasteiger partial charge on any atom is -0.292 e. The Morgan fingerprint density at radius 3 is 1.55 bits per heavy atom. The van der Waals surface area contributed by atoms with Gasteiger partial charge in [0, 0.05) is 10.8 Å². The average molecular weight is 389 g/mol. The van der Waals surface area contributed by atoms with E-state index < -0.39 is 0 Å². The molecule has 0 atom stereocenters. The lowest BCUT2D eigenvalue weighted by Crippen LogP contribution is -1.90. The van der Waals surface area contributed by atoms with E-state index >= 15 is 0 Å². The molecule has 0 fully saturated rings. The highest BCUT2D eigenvalue weighted by molar-refractivity contribution is 6.13. The van der Waals surface area contributed by atoms with Crippen molar-refractivity contribution in [3.63, 3.8) is 0 Å². The van der Waals surface area contributed by atoms with E-state index in [4.69, 9.17) is 4.98 Å². The third kappa shape index (κ3) is 4.59. The number of para-hydroxylation sites is 3. The Morgan fingerprint density at radius 2 is 0.931 bits per heavy atom. The Bertz CT molecular complexity index is 1140. The summed E-state index contributed by atoms with van der Waals surface area (Å²) in [4.78, 5) is 4.86. The van der Waals surface area contributed by atoms with Gasteiger partial charge in [-0.15, -0.1) is 0 Å². The van der Waals surface area contributed by atoms with Gasteiger partial charge in [0.25, 0.3) is 0 Å². The van der Waals surface area contributed by atoms with E-state index in [0.29, 0.717) is 0 Å². The monoisotopic (exact) mass is 388 g/mol. The summed E-state index contributed by atoms with van der Waals surface area (Å²) >= 11 is 0. The molecule has 154 valence electrons. The molecule has 0 unspecified atom stereocenters. The molecule has 5 rings (SSSR count). The molecule has 0 bridgehead atoms. The summed E-state index contributed by atoms with van der Waals surface area (Å²) < 4.78 is 2.27. The van der Waals surface area contributed by atoms with Crippen molar-refractivity contribution >= 4 is 38.4 Å². The number of imidazole rings is 1. The Labute approximate surface area is 176 Å². The van der Waals surface area contributed by atoms with Gasteiger partial charge in [-0.1, -0.05) is 110 Å². The summed E-state index contributed by atoms with van der Waals surface area (Å²) in [5, 5.41) is 3.73. The molecule has 29 heavy (non-hydrogen) atoms. The fraction of sp³-hybridized carbons (Fsp3) is 0.296. The van der Waals surface area contributed by atoms with Crippen LogP contribution in [0.4, 0.5) is 0 Å². The summed E-state index contributed by atoms with van der Waals surface area (Å²) in [6.45, 7) is 16.0. The van der Waals surface area contributed by atoms with Crippen molar-refractivity contribution in [2.75, 3.05) is 0 Å². The molecule has 0 radical (unpaired) electrons. The van der Waals surface area contributed by atoms with Crippen LogP contribution >= 0.6 is 0 Å². The molecule has 0 N–H and O–H groups in total. The van der Waals surface area contributed by atoms with Gasteiger partial charge in [0.2, 0.25) is 0 Å². The third-order valence-corrected chi connectivity index (χ3v) is 4.16. The van der Waals surface area contributed by atoms with Gasteiger partial charge in [0.1, 0.15) is 5.65 Å². The highest BCUT2D eigenvalue weighted by atomic mass is 15.0. The molecule has 0 saturated carbocycles. The Morgan fingerprint density at radius 1 is 0.483 bits per heavy atom. The van der Waals surface area contributed by atoms with Gasteiger partial charge in [0.15, 0.2) is 0 Å². The molecule has 3 aromatic carbocycles. The Balaban J connectivity index is 0.000000475. The van der Waals surface area contributed by atoms with Gasteiger partial charge in [-0.3, -0.25) is 4.40 Å². The SMILES string of the molecule is CC.CC.CC.CC.c1ccc2c(c1)nc1c3ccccc3c3ccccc3n21. The quantitative estimate of drug-likeness (QED) is 0.242. The van der Waals surface area contributed by atoms with Crippen molar-refractivity contribution in [2.24, 2.45) is 0 Å². The molecule has 5 aromatic rings. The van der Waals surface area contributed by atoms with Crippen LogP contribution in [0.15, 0.2) is 72.8 Å². The van der Waals surface area contributed by atoms with Gasteiger partial charge in [-0.2, -0.15) is 0 Å². The number of nitrogens with zero attached hydrogens (tertiary/aromatic N) is 2. The minimum absolute atomic E-state index is 1.03. The van der Waals surface area contributed by atoms with E-state index in [1.54, 1.807) is 0 Å². The number of benzene rings is 3. The predicted molar refractivity (Wildman–Crippen MR) is 133 cm³/mol. The summed E-state index contributed by atoms with van der Waals surface area (Å²) in [6.07, 6.45) is 0. The number of hydrogen-bond acceptors (Lipinski definition) is 1. The van der Waals surface area contributed by atoms with E-state index in [1.165, 1.54) is 21.7 Å². The normalized spacial score (nSPS) is 9.38. The maximum Gasteiger partial charge on any atom is 0.146 e. The largest absolute Gasteiger partial charge is 0.292 e. The van der Waals surface area contributed by atoms with E-state index in [9.17, 15) is 0 Å². The van der Waals surface area contributed by atoms with Crippen LogP contribution in [0, 0.1) is 0 Å². The summed E-state index contributed by atoms with van der Waals surface area (Å²) in [5.41, 5.74) is 4.44. The Kier molecular flexibility index (Phi) is 10.5. The second kappa shape index (κ2) is 12.6. The Hall–Kier alpha value is -2.87. The predicted octanol–water partition coefficient (Wildman–Crippen LogP) is 8.90. The van der Waals surface area contributed by atoms with Gasteiger partial charge in [0.05, 0.1) is 16.6 Å². The van der Waals surface area contributed by atoms with E-state index in [2.05, 4.69) is 71.1 Å². The number of fused-ring (bicyclic) bond motifs is 8. The zero-order valence-corrected chi connectivity index (χ0v) is 19.3. The van der Waals surface area contributed by atoms with Crippen molar-refractivity contribution in [1.82, 2.24) is 9.38 Å². The minimum atomic E-state index is 1.03. The third-order valence-electron chi connectivity index (χ3n) is 4.16. The maximum absolute atomic E-state index is 4.86. The lowest BCUT2D eigenvalue weighted by molar-refractivity contribution is 1.31. The van der Waals surface area contributed by atoms with E-state index in [0.717, 1.165) is 16.7 Å². The van der Waals surface area contributed by atoms with Crippen LogP contribution in [-0.4, -0.2) is 9.38 Å². The molecule has 0 saturated heterocycles. The van der Waals surface area contributed by atoms with Crippen LogP contribution in [0.25, 0.3) is 38.4 Å². The van der Waals surface area contributed by atoms with Crippen LogP contribution < -0.4 is 0 Å². The van der Waals surface area contributed by atoms with E-state index in [1.807, 2.05) is 61.5 Å². The molecule has 0 aliphatic heterocycles. The van der Waals surface area contributed by atoms with Crippen molar-refractivity contribution in [3.8, 4) is 0 Å². The summed E-state index contributed by atoms with van der Waals surface area (Å²) in [6, 6.07) is 25.4. The van der Waals surface area contributed by atoms with Gasteiger partial charge < -0.3 is 0 Å². The number of pyridine rings is 1. The van der Waals surface area contributed by atoms with Gasteiger partial charge >= 0.3 is 0 Å². The average Bonchev–Trinajstić information content (AvgIpc) is 3.25. The van der Waals surface area contributed by atoms with Crippen molar-refractivity contribution < 1.29 is 0 Å².